The lowest BCUT2D eigenvalue weighted by Crippen LogP contribution is -2.46. The maximum Gasteiger partial charge on any atom is 0.242 e. The topological polar surface area (TPSA) is 65.2 Å². The van der Waals surface area contributed by atoms with Crippen molar-refractivity contribution in [3.8, 4) is 0 Å². The molecule has 0 spiro atoms. The molecule has 2 atom stereocenters. The molecule has 0 aromatic carbocycles. The van der Waals surface area contributed by atoms with Crippen LogP contribution in [-0.4, -0.2) is 41.5 Å². The average Bonchev–Trinajstić information content (AvgIpc) is 2.76. The fraction of sp³-hybridized carbons (Fsp3) is 0.577. The van der Waals surface area contributed by atoms with Crippen LogP contribution in [0.5, 0.6) is 0 Å². The second-order valence-corrected chi connectivity index (χ2v) is 10.3. The smallest absolute Gasteiger partial charge is 0.242 e. The molecule has 0 fully saturated rings. The van der Waals surface area contributed by atoms with Crippen molar-refractivity contribution < 1.29 is 4.79 Å². The number of allylic oxidation sites excluding steroid dienone is 5. The van der Waals surface area contributed by atoms with Crippen LogP contribution in [0.25, 0.3) is 0 Å². The Hall–Kier alpha value is -1.73. The SMILES string of the molecule is C=CNN/C(=C\CSCC(C)NC(=O)C(CCSC)NC=C)CC/C=C(\C)CCC=C(C)C. The number of amides is 1. The molecule has 0 aromatic rings. The monoisotopic (exact) mass is 494 g/mol. The molecule has 7 heteroatoms. The van der Waals surface area contributed by atoms with Crippen LogP contribution in [0, 0.1) is 0 Å². The zero-order chi connectivity index (χ0) is 24.9. The van der Waals surface area contributed by atoms with Crippen molar-refractivity contribution in [2.75, 3.05) is 23.5 Å². The van der Waals surface area contributed by atoms with Gasteiger partial charge in [-0.1, -0.05) is 42.5 Å². The quantitative estimate of drug-likeness (QED) is 0.0993. The first kappa shape index (κ1) is 31.3. The molecule has 1 amide bonds. The van der Waals surface area contributed by atoms with Gasteiger partial charge in [0.2, 0.25) is 5.91 Å². The van der Waals surface area contributed by atoms with E-state index in [1.165, 1.54) is 11.1 Å². The normalized spacial score (nSPS) is 13.5. The van der Waals surface area contributed by atoms with E-state index < -0.39 is 0 Å². The molecular formula is C26H46N4OS2. The van der Waals surface area contributed by atoms with Crippen LogP contribution in [0.2, 0.25) is 0 Å². The first-order valence-corrected chi connectivity index (χ1v) is 14.2. The van der Waals surface area contributed by atoms with Gasteiger partial charge in [-0.3, -0.25) is 4.79 Å². The van der Waals surface area contributed by atoms with Gasteiger partial charge < -0.3 is 21.5 Å². The predicted octanol–water partition coefficient (Wildman–Crippen LogP) is 5.67. The van der Waals surface area contributed by atoms with Gasteiger partial charge in [0, 0.05) is 29.4 Å². The summed E-state index contributed by atoms with van der Waals surface area (Å²) in [6.45, 7) is 15.9. The van der Waals surface area contributed by atoms with E-state index in [2.05, 4.69) is 80.6 Å². The minimum absolute atomic E-state index is 0.0388. The summed E-state index contributed by atoms with van der Waals surface area (Å²) < 4.78 is 0. The van der Waals surface area contributed by atoms with Crippen LogP contribution in [0.1, 0.15) is 59.8 Å². The van der Waals surface area contributed by atoms with E-state index in [1.807, 2.05) is 18.0 Å². The van der Waals surface area contributed by atoms with E-state index in [9.17, 15) is 4.79 Å². The van der Waals surface area contributed by atoms with Crippen molar-refractivity contribution in [1.82, 2.24) is 21.5 Å². The van der Waals surface area contributed by atoms with Crippen molar-refractivity contribution in [3.63, 3.8) is 0 Å². The second-order valence-electron chi connectivity index (χ2n) is 8.26. The Balaban J connectivity index is 4.50. The Labute approximate surface area is 211 Å². The lowest BCUT2D eigenvalue weighted by atomic mass is 10.1. The molecule has 0 rings (SSSR count). The number of carbonyl (C=O) groups is 1. The fourth-order valence-electron chi connectivity index (χ4n) is 2.98. The molecule has 0 bridgehead atoms. The van der Waals surface area contributed by atoms with E-state index >= 15 is 0 Å². The van der Waals surface area contributed by atoms with E-state index in [0.717, 1.165) is 55.1 Å². The van der Waals surface area contributed by atoms with Gasteiger partial charge in [-0.25, -0.2) is 0 Å². The molecule has 5 nitrogen and oxygen atoms in total. The number of hydrogen-bond acceptors (Lipinski definition) is 6. The third-order valence-corrected chi connectivity index (χ3v) is 6.56. The lowest BCUT2D eigenvalue weighted by molar-refractivity contribution is -0.123. The molecule has 0 aliphatic carbocycles. The van der Waals surface area contributed by atoms with Gasteiger partial charge in [0.1, 0.15) is 6.04 Å². The Morgan fingerprint density at radius 3 is 2.39 bits per heavy atom. The van der Waals surface area contributed by atoms with Gasteiger partial charge in [0.25, 0.3) is 0 Å². The largest absolute Gasteiger partial charge is 0.380 e. The number of hydrogen-bond donors (Lipinski definition) is 4. The summed E-state index contributed by atoms with van der Waals surface area (Å²) in [6.07, 6.45) is 17.1. The van der Waals surface area contributed by atoms with Crippen molar-refractivity contribution in [2.24, 2.45) is 0 Å². The summed E-state index contributed by atoms with van der Waals surface area (Å²) in [4.78, 5) is 12.5. The third-order valence-electron chi connectivity index (χ3n) is 4.78. The standard InChI is InChI=1S/C26H46N4OS2/c1-8-27-25(17-18-32-7)26(31)29-23(6)20-33-19-16-24(30-28-9-2)15-11-14-22(5)13-10-12-21(3)4/h8-9,12,14,16,23,25,27-28,30H,1-2,10-11,13,15,17-20H2,3-7H3,(H,29,31)/b22-14+,24-16-. The van der Waals surface area contributed by atoms with Gasteiger partial charge >= 0.3 is 0 Å². The molecule has 0 aromatic heterocycles. The average molecular weight is 495 g/mol. The predicted molar refractivity (Wildman–Crippen MR) is 151 cm³/mol. The summed E-state index contributed by atoms with van der Waals surface area (Å²) in [5.74, 6) is 2.71. The van der Waals surface area contributed by atoms with Crippen molar-refractivity contribution in [2.45, 2.75) is 71.9 Å². The van der Waals surface area contributed by atoms with Crippen LogP contribution >= 0.6 is 23.5 Å². The molecule has 188 valence electrons. The van der Waals surface area contributed by atoms with Crippen LogP contribution in [-0.2, 0) is 4.79 Å². The highest BCUT2D eigenvalue weighted by Crippen LogP contribution is 2.12. The van der Waals surface area contributed by atoms with Gasteiger partial charge in [0.05, 0.1) is 0 Å². The number of carbonyl (C=O) groups excluding carboxylic acids is 1. The Bertz CT molecular complexity index is 655. The molecule has 0 aliphatic heterocycles. The Morgan fingerprint density at radius 2 is 1.76 bits per heavy atom. The Morgan fingerprint density at radius 1 is 1.03 bits per heavy atom. The molecule has 0 saturated heterocycles. The van der Waals surface area contributed by atoms with Gasteiger partial charge in [-0.15, -0.1) is 0 Å². The second kappa shape index (κ2) is 20.8. The molecule has 4 N–H and O–H groups in total. The highest BCUT2D eigenvalue weighted by Gasteiger charge is 2.18. The van der Waals surface area contributed by atoms with E-state index in [4.69, 9.17) is 0 Å². The van der Waals surface area contributed by atoms with Gasteiger partial charge in [0.15, 0.2) is 0 Å². The van der Waals surface area contributed by atoms with Crippen molar-refractivity contribution in [3.05, 3.63) is 60.6 Å². The molecule has 0 radical (unpaired) electrons. The molecular weight excluding hydrogens is 448 g/mol. The maximum atomic E-state index is 12.5. The molecule has 0 heterocycles. The highest BCUT2D eigenvalue weighted by molar-refractivity contribution is 7.99. The lowest BCUT2D eigenvalue weighted by Gasteiger charge is -2.20. The molecule has 0 aliphatic rings. The fourth-order valence-corrected chi connectivity index (χ4v) is 4.34. The molecule has 0 saturated carbocycles. The zero-order valence-corrected chi connectivity index (χ0v) is 23.0. The maximum absolute atomic E-state index is 12.5. The number of rotatable bonds is 20. The summed E-state index contributed by atoms with van der Waals surface area (Å²) >= 11 is 3.55. The minimum atomic E-state index is -0.221. The van der Waals surface area contributed by atoms with E-state index in [-0.39, 0.29) is 18.0 Å². The van der Waals surface area contributed by atoms with Crippen molar-refractivity contribution in [1.29, 1.82) is 0 Å². The highest BCUT2D eigenvalue weighted by atomic mass is 32.2. The number of hydrazine groups is 1. The van der Waals surface area contributed by atoms with Gasteiger partial charge in [-0.2, -0.15) is 23.5 Å². The van der Waals surface area contributed by atoms with Crippen LogP contribution in [0.4, 0.5) is 0 Å². The summed E-state index contributed by atoms with van der Waals surface area (Å²) in [5.41, 5.74) is 10.2. The van der Waals surface area contributed by atoms with E-state index in [0.29, 0.717) is 0 Å². The number of thioether (sulfide) groups is 2. The first-order valence-electron chi connectivity index (χ1n) is 11.7. The zero-order valence-electron chi connectivity index (χ0n) is 21.3. The molecule has 33 heavy (non-hydrogen) atoms. The number of nitrogens with one attached hydrogen (secondary N) is 4. The van der Waals surface area contributed by atoms with Crippen molar-refractivity contribution >= 4 is 29.4 Å². The first-order chi connectivity index (χ1) is 15.8. The van der Waals surface area contributed by atoms with Crippen LogP contribution in [0.15, 0.2) is 60.6 Å². The minimum Gasteiger partial charge on any atom is -0.380 e. The van der Waals surface area contributed by atoms with Crippen LogP contribution < -0.4 is 21.5 Å². The van der Waals surface area contributed by atoms with Crippen LogP contribution in [0.3, 0.4) is 0 Å². The molecule has 2 unspecified atom stereocenters. The summed E-state index contributed by atoms with van der Waals surface area (Å²) in [6, 6.07) is -0.116. The van der Waals surface area contributed by atoms with E-state index in [1.54, 1.807) is 24.2 Å². The van der Waals surface area contributed by atoms with Gasteiger partial charge in [-0.05, 0) is 78.0 Å². The third kappa shape index (κ3) is 18.4. The summed E-state index contributed by atoms with van der Waals surface area (Å²) in [7, 11) is 0. The Kier molecular flexibility index (Phi) is 19.8. The summed E-state index contributed by atoms with van der Waals surface area (Å²) in [5, 5.41) is 6.17.